The van der Waals surface area contributed by atoms with Crippen molar-refractivity contribution in [3.63, 3.8) is 0 Å². The summed E-state index contributed by atoms with van der Waals surface area (Å²) in [7, 11) is 0. The molecule has 1 heterocycles. The molecule has 0 radical (unpaired) electrons. The molecule has 3 rings (SSSR count). The quantitative estimate of drug-likeness (QED) is 0.376. The number of nitro groups is 1. The molecule has 1 aromatic heterocycles. The summed E-state index contributed by atoms with van der Waals surface area (Å²) in [6, 6.07) is 15.5. The zero-order chi connectivity index (χ0) is 19.2. The molecule has 1 N–H and O–H groups in total. The van der Waals surface area contributed by atoms with E-state index in [1.165, 1.54) is 12.1 Å². The number of carbonyl (C=O) groups excluding carboxylic acids is 1. The molecule has 9 heteroatoms. The normalized spacial score (nSPS) is 11.7. The Bertz CT molecular complexity index is 945. The summed E-state index contributed by atoms with van der Waals surface area (Å²) in [6.45, 7) is 1.91. The Hall–Kier alpha value is -3.20. The van der Waals surface area contributed by atoms with Crippen molar-refractivity contribution in [2.24, 2.45) is 0 Å². The van der Waals surface area contributed by atoms with E-state index in [0.29, 0.717) is 5.56 Å². The molecule has 138 valence electrons. The van der Waals surface area contributed by atoms with Crippen LogP contribution in [0.15, 0.2) is 64.2 Å². The van der Waals surface area contributed by atoms with Crippen LogP contribution >= 0.6 is 11.8 Å². The first-order valence-electron chi connectivity index (χ1n) is 8.08. The van der Waals surface area contributed by atoms with Gasteiger partial charge in [-0.05, 0) is 18.6 Å². The molecule has 2 aromatic carbocycles. The van der Waals surface area contributed by atoms with E-state index in [1.807, 2.05) is 37.3 Å². The maximum Gasteiger partial charge on any atom is 0.277 e. The molecule has 0 saturated carbocycles. The first kappa shape index (κ1) is 18.6. The van der Waals surface area contributed by atoms with Crippen LogP contribution in [0.2, 0.25) is 0 Å². The summed E-state index contributed by atoms with van der Waals surface area (Å²) in [4.78, 5) is 22.5. The lowest BCUT2D eigenvalue weighted by molar-refractivity contribution is -0.384. The third-order valence-corrected chi connectivity index (χ3v) is 4.53. The Morgan fingerprint density at radius 2 is 2.00 bits per heavy atom. The molecular weight excluding hydrogens is 368 g/mol. The molecule has 0 aliphatic carbocycles. The van der Waals surface area contributed by atoms with Gasteiger partial charge in [-0.25, -0.2) is 0 Å². The fraction of sp³-hybridized carbons (Fsp3) is 0.167. The van der Waals surface area contributed by atoms with Gasteiger partial charge in [0.1, 0.15) is 0 Å². The number of aromatic nitrogens is 2. The minimum Gasteiger partial charge on any atom is -0.411 e. The van der Waals surface area contributed by atoms with E-state index in [9.17, 15) is 14.9 Å². The van der Waals surface area contributed by atoms with Crippen molar-refractivity contribution in [3.05, 3.63) is 70.3 Å². The van der Waals surface area contributed by atoms with Crippen molar-refractivity contribution in [1.29, 1.82) is 0 Å². The fourth-order valence-corrected chi connectivity index (χ4v) is 2.95. The number of rotatable bonds is 7. The van der Waals surface area contributed by atoms with Crippen LogP contribution in [0.3, 0.4) is 0 Å². The van der Waals surface area contributed by atoms with Gasteiger partial charge < -0.3 is 9.73 Å². The van der Waals surface area contributed by atoms with Gasteiger partial charge in [0, 0.05) is 17.7 Å². The zero-order valence-corrected chi connectivity index (χ0v) is 15.2. The highest BCUT2D eigenvalue weighted by molar-refractivity contribution is 7.99. The second kappa shape index (κ2) is 8.45. The fourth-order valence-electron chi connectivity index (χ4n) is 2.37. The van der Waals surface area contributed by atoms with Crippen molar-refractivity contribution in [2.45, 2.75) is 18.2 Å². The van der Waals surface area contributed by atoms with Gasteiger partial charge in [0.25, 0.3) is 10.9 Å². The predicted octanol–water partition coefficient (Wildman–Crippen LogP) is 3.61. The number of benzene rings is 2. The monoisotopic (exact) mass is 384 g/mol. The number of non-ortho nitro benzene ring substituents is 1. The van der Waals surface area contributed by atoms with Gasteiger partial charge in [0.05, 0.1) is 16.7 Å². The summed E-state index contributed by atoms with van der Waals surface area (Å²) in [5, 5.41) is 21.7. The van der Waals surface area contributed by atoms with Crippen LogP contribution in [0.1, 0.15) is 18.5 Å². The SMILES string of the molecule is C[C@H](NC(=O)CSc1nnc(-c2cccc([N+](=O)[O-])c2)o1)c1ccccc1. The smallest absolute Gasteiger partial charge is 0.277 e. The molecule has 0 unspecified atom stereocenters. The van der Waals surface area contributed by atoms with E-state index >= 15 is 0 Å². The Morgan fingerprint density at radius 1 is 1.22 bits per heavy atom. The van der Waals surface area contributed by atoms with Crippen molar-refractivity contribution < 1.29 is 14.1 Å². The van der Waals surface area contributed by atoms with E-state index < -0.39 is 4.92 Å². The third-order valence-electron chi connectivity index (χ3n) is 3.71. The third kappa shape index (κ3) is 4.91. The van der Waals surface area contributed by atoms with E-state index in [1.54, 1.807) is 12.1 Å². The van der Waals surface area contributed by atoms with Crippen LogP contribution in [0.25, 0.3) is 11.5 Å². The maximum atomic E-state index is 12.1. The second-order valence-electron chi connectivity index (χ2n) is 5.67. The summed E-state index contributed by atoms with van der Waals surface area (Å²) in [5.74, 6) is 0.124. The Labute approximate surface area is 159 Å². The van der Waals surface area contributed by atoms with Crippen LogP contribution in [-0.4, -0.2) is 26.8 Å². The molecule has 0 aliphatic heterocycles. The summed E-state index contributed by atoms with van der Waals surface area (Å²) < 4.78 is 5.48. The first-order chi connectivity index (χ1) is 13.0. The van der Waals surface area contributed by atoms with Gasteiger partial charge >= 0.3 is 0 Å². The number of nitrogens with one attached hydrogen (secondary N) is 1. The van der Waals surface area contributed by atoms with Crippen LogP contribution in [0.5, 0.6) is 0 Å². The number of nitrogens with zero attached hydrogens (tertiary/aromatic N) is 3. The molecule has 0 aliphatic rings. The first-order valence-corrected chi connectivity index (χ1v) is 9.07. The Kier molecular flexibility index (Phi) is 5.82. The highest BCUT2D eigenvalue weighted by Gasteiger charge is 2.15. The summed E-state index contributed by atoms with van der Waals surface area (Å²) in [6.07, 6.45) is 0. The van der Waals surface area contributed by atoms with E-state index in [2.05, 4.69) is 15.5 Å². The highest BCUT2D eigenvalue weighted by Crippen LogP contribution is 2.25. The summed E-state index contributed by atoms with van der Waals surface area (Å²) in [5.41, 5.74) is 1.40. The largest absolute Gasteiger partial charge is 0.411 e. The van der Waals surface area contributed by atoms with Gasteiger partial charge in [-0.2, -0.15) is 0 Å². The number of amides is 1. The standard InChI is InChI=1S/C18H16N4O4S/c1-12(13-6-3-2-4-7-13)19-16(23)11-27-18-21-20-17(26-18)14-8-5-9-15(10-14)22(24)25/h2-10,12H,11H2,1H3,(H,19,23)/t12-/m0/s1. The molecule has 0 spiro atoms. The van der Waals surface area contributed by atoms with Gasteiger partial charge in [-0.3, -0.25) is 14.9 Å². The molecule has 0 fully saturated rings. The summed E-state index contributed by atoms with van der Waals surface area (Å²) >= 11 is 1.11. The number of hydrogen-bond acceptors (Lipinski definition) is 7. The Balaban J connectivity index is 1.57. The van der Waals surface area contributed by atoms with Crippen molar-refractivity contribution >= 4 is 23.4 Å². The predicted molar refractivity (Wildman–Crippen MR) is 100 cm³/mol. The Morgan fingerprint density at radius 3 is 2.74 bits per heavy atom. The average Bonchev–Trinajstić information content (AvgIpc) is 3.16. The molecule has 1 amide bonds. The molecule has 27 heavy (non-hydrogen) atoms. The van der Waals surface area contributed by atoms with Gasteiger partial charge in [0.15, 0.2) is 0 Å². The van der Waals surface area contributed by atoms with E-state index in [0.717, 1.165) is 17.3 Å². The maximum absolute atomic E-state index is 12.1. The lowest BCUT2D eigenvalue weighted by atomic mass is 10.1. The second-order valence-corrected chi connectivity index (χ2v) is 6.60. The van der Waals surface area contributed by atoms with Crippen LogP contribution in [0, 0.1) is 10.1 Å². The lowest BCUT2D eigenvalue weighted by Crippen LogP contribution is -2.28. The number of hydrogen-bond donors (Lipinski definition) is 1. The molecule has 8 nitrogen and oxygen atoms in total. The van der Waals surface area contributed by atoms with Crippen molar-refractivity contribution in [2.75, 3.05) is 5.75 Å². The molecule has 0 saturated heterocycles. The number of nitro benzene ring substituents is 1. The van der Waals surface area contributed by atoms with Crippen LogP contribution in [-0.2, 0) is 4.79 Å². The van der Waals surface area contributed by atoms with E-state index in [-0.39, 0.29) is 34.5 Å². The topological polar surface area (TPSA) is 111 Å². The molecule has 1 atom stereocenters. The van der Waals surface area contributed by atoms with E-state index in [4.69, 9.17) is 4.42 Å². The molecule has 3 aromatic rings. The highest BCUT2D eigenvalue weighted by atomic mass is 32.2. The van der Waals surface area contributed by atoms with Crippen molar-refractivity contribution in [1.82, 2.24) is 15.5 Å². The molecule has 0 bridgehead atoms. The molecular formula is C18H16N4O4S. The minimum atomic E-state index is -0.492. The van der Waals surface area contributed by atoms with Crippen LogP contribution < -0.4 is 5.32 Å². The van der Waals surface area contributed by atoms with Crippen molar-refractivity contribution in [3.8, 4) is 11.5 Å². The van der Waals surface area contributed by atoms with Gasteiger partial charge in [-0.15, -0.1) is 10.2 Å². The number of thioether (sulfide) groups is 1. The zero-order valence-electron chi connectivity index (χ0n) is 14.4. The number of carbonyl (C=O) groups is 1. The average molecular weight is 384 g/mol. The van der Waals surface area contributed by atoms with Crippen LogP contribution in [0.4, 0.5) is 5.69 Å². The van der Waals surface area contributed by atoms with Gasteiger partial charge in [0.2, 0.25) is 11.8 Å². The minimum absolute atomic E-state index is 0.0609. The van der Waals surface area contributed by atoms with Gasteiger partial charge in [-0.1, -0.05) is 48.2 Å². The lowest BCUT2D eigenvalue weighted by Gasteiger charge is -2.13.